The van der Waals surface area contributed by atoms with Crippen molar-refractivity contribution in [2.24, 2.45) is 0 Å². The maximum absolute atomic E-state index is 12.8. The predicted molar refractivity (Wildman–Crippen MR) is 87.1 cm³/mol. The molecule has 0 atom stereocenters. The average Bonchev–Trinajstić information content (AvgIpc) is 2.76. The van der Waals surface area contributed by atoms with Gasteiger partial charge in [-0.05, 0) is 35.7 Å². The molecule has 8 heteroatoms. The minimum absolute atomic E-state index is 0.0250. The molecule has 1 N–H and O–H groups in total. The van der Waals surface area contributed by atoms with E-state index in [4.69, 9.17) is 0 Å². The Morgan fingerprint density at radius 3 is 2.21 bits per heavy atom. The largest absolute Gasteiger partial charge is 0.268 e. The van der Waals surface area contributed by atoms with Crippen molar-refractivity contribution < 1.29 is 21.6 Å². The molecule has 2 aromatic carbocycles. The first-order valence-corrected chi connectivity index (χ1v) is 10.2. The summed E-state index contributed by atoms with van der Waals surface area (Å²) in [5, 5.41) is 0. The van der Waals surface area contributed by atoms with Crippen LogP contribution in [0.3, 0.4) is 0 Å². The molecular formula is C16H15NO5S2. The van der Waals surface area contributed by atoms with Crippen LogP contribution in [0.4, 0.5) is 0 Å². The Kier molecular flexibility index (Phi) is 3.76. The van der Waals surface area contributed by atoms with E-state index in [2.05, 4.69) is 0 Å². The lowest BCUT2D eigenvalue weighted by Crippen LogP contribution is -2.21. The van der Waals surface area contributed by atoms with Crippen LogP contribution in [-0.2, 0) is 19.9 Å². The number of benzene rings is 2. The van der Waals surface area contributed by atoms with Gasteiger partial charge in [0, 0.05) is 0 Å². The van der Waals surface area contributed by atoms with E-state index in [-0.39, 0.29) is 26.2 Å². The van der Waals surface area contributed by atoms with Crippen molar-refractivity contribution >= 4 is 25.8 Å². The highest BCUT2D eigenvalue weighted by molar-refractivity contribution is 7.92. The zero-order chi connectivity index (χ0) is 17.7. The van der Waals surface area contributed by atoms with Gasteiger partial charge >= 0.3 is 0 Å². The number of sulfone groups is 1. The van der Waals surface area contributed by atoms with Crippen molar-refractivity contribution in [3.05, 3.63) is 53.6 Å². The number of hydrogen-bond acceptors (Lipinski definition) is 5. The van der Waals surface area contributed by atoms with Crippen LogP contribution in [0.15, 0.2) is 57.2 Å². The third-order valence-electron chi connectivity index (χ3n) is 3.84. The van der Waals surface area contributed by atoms with E-state index in [9.17, 15) is 21.6 Å². The number of hydrogen-bond donors (Lipinski definition) is 1. The topological polar surface area (TPSA) is 97.4 Å². The van der Waals surface area contributed by atoms with Gasteiger partial charge in [-0.2, -0.15) is 0 Å². The summed E-state index contributed by atoms with van der Waals surface area (Å²) in [6, 6.07) is 10.2. The van der Waals surface area contributed by atoms with Gasteiger partial charge in [-0.3, -0.25) is 4.79 Å². The van der Waals surface area contributed by atoms with Gasteiger partial charge in [0.25, 0.3) is 15.9 Å². The number of rotatable bonds is 3. The molecule has 0 aliphatic carbocycles. The molecule has 1 aliphatic rings. The van der Waals surface area contributed by atoms with Gasteiger partial charge in [0.15, 0.2) is 0 Å². The minimum atomic E-state index is -4.04. The molecule has 0 saturated carbocycles. The second-order valence-corrected chi connectivity index (χ2v) is 9.39. The number of sulfonamides is 1. The maximum Gasteiger partial charge on any atom is 0.266 e. The van der Waals surface area contributed by atoms with Crippen molar-refractivity contribution in [1.82, 2.24) is 4.72 Å². The highest BCUT2D eigenvalue weighted by atomic mass is 32.2. The van der Waals surface area contributed by atoms with Crippen molar-refractivity contribution in [2.45, 2.75) is 34.5 Å². The van der Waals surface area contributed by atoms with Gasteiger partial charge in [-0.15, -0.1) is 0 Å². The van der Waals surface area contributed by atoms with E-state index in [1.165, 1.54) is 18.2 Å². The quantitative estimate of drug-likeness (QED) is 0.898. The van der Waals surface area contributed by atoms with Gasteiger partial charge in [0.1, 0.15) is 4.90 Å². The summed E-state index contributed by atoms with van der Waals surface area (Å²) in [5.74, 6) is -0.943. The monoisotopic (exact) mass is 365 g/mol. The number of amides is 1. The number of carbonyl (C=O) groups is 1. The van der Waals surface area contributed by atoms with Crippen LogP contribution >= 0.6 is 0 Å². The summed E-state index contributed by atoms with van der Waals surface area (Å²) in [6.07, 6.45) is 0. The van der Waals surface area contributed by atoms with E-state index in [1.54, 1.807) is 32.0 Å². The van der Waals surface area contributed by atoms with E-state index in [1.807, 2.05) is 4.72 Å². The zero-order valence-electron chi connectivity index (χ0n) is 13.0. The summed E-state index contributed by atoms with van der Waals surface area (Å²) in [6.45, 7) is 3.54. The molecule has 0 aromatic heterocycles. The summed E-state index contributed by atoms with van der Waals surface area (Å²) < 4.78 is 51.8. The predicted octanol–water partition coefficient (Wildman–Crippen LogP) is 2.07. The van der Waals surface area contributed by atoms with Crippen LogP contribution in [0.2, 0.25) is 0 Å². The van der Waals surface area contributed by atoms with Gasteiger partial charge < -0.3 is 0 Å². The minimum Gasteiger partial charge on any atom is -0.268 e. The van der Waals surface area contributed by atoms with E-state index < -0.39 is 25.8 Å². The fraction of sp³-hybridized carbons (Fsp3) is 0.188. The zero-order valence-corrected chi connectivity index (χ0v) is 14.6. The normalized spacial score (nSPS) is 16.0. The van der Waals surface area contributed by atoms with Crippen molar-refractivity contribution in [1.29, 1.82) is 0 Å². The Morgan fingerprint density at radius 1 is 1.00 bits per heavy atom. The standard InChI is InChI=1S/C16H15NO5S2/c1-10(2)13-8-12(23(19,20)11-6-4-3-5-7-11)9-14-15(13)16(18)17-24(14,21)22/h3-10H,1-2H3,(H,17,18). The fourth-order valence-corrected chi connectivity index (χ4v) is 5.27. The Balaban J connectivity index is 2.34. The highest BCUT2D eigenvalue weighted by Gasteiger charge is 2.37. The van der Waals surface area contributed by atoms with Gasteiger partial charge in [0.2, 0.25) is 9.84 Å². The molecule has 24 heavy (non-hydrogen) atoms. The van der Waals surface area contributed by atoms with E-state index in [0.717, 1.165) is 6.07 Å². The summed E-state index contributed by atoms with van der Waals surface area (Å²) in [7, 11) is -7.93. The lowest BCUT2D eigenvalue weighted by Gasteiger charge is -2.13. The highest BCUT2D eigenvalue weighted by Crippen LogP contribution is 2.34. The van der Waals surface area contributed by atoms with Crippen LogP contribution in [-0.4, -0.2) is 22.7 Å². The summed E-state index contributed by atoms with van der Waals surface area (Å²) >= 11 is 0. The molecule has 126 valence electrons. The lowest BCUT2D eigenvalue weighted by atomic mass is 9.97. The molecule has 0 radical (unpaired) electrons. The molecule has 2 aromatic rings. The SMILES string of the molecule is CC(C)c1cc(S(=O)(=O)c2ccccc2)cc2c1C(=O)NS2(=O)=O. The van der Waals surface area contributed by atoms with Gasteiger partial charge in [-0.1, -0.05) is 32.0 Å². The Hall–Kier alpha value is -2.19. The summed E-state index contributed by atoms with van der Waals surface area (Å²) in [5.41, 5.74) is 0.414. The van der Waals surface area contributed by atoms with Crippen LogP contribution in [0, 0.1) is 0 Å². The molecule has 0 unspecified atom stereocenters. The third kappa shape index (κ3) is 2.51. The maximum atomic E-state index is 12.8. The first-order chi connectivity index (χ1) is 11.1. The van der Waals surface area contributed by atoms with E-state index >= 15 is 0 Å². The summed E-state index contributed by atoms with van der Waals surface area (Å²) in [4.78, 5) is 11.6. The molecule has 0 fully saturated rings. The van der Waals surface area contributed by atoms with Crippen LogP contribution < -0.4 is 4.72 Å². The van der Waals surface area contributed by atoms with Crippen LogP contribution in [0.1, 0.15) is 35.7 Å². The molecule has 0 spiro atoms. The molecule has 6 nitrogen and oxygen atoms in total. The van der Waals surface area contributed by atoms with Crippen molar-refractivity contribution in [3.8, 4) is 0 Å². The molecule has 0 bridgehead atoms. The number of carbonyl (C=O) groups excluding carboxylic acids is 1. The third-order valence-corrected chi connectivity index (χ3v) is 6.94. The molecule has 1 amide bonds. The fourth-order valence-electron chi connectivity index (χ4n) is 2.64. The van der Waals surface area contributed by atoms with Crippen LogP contribution in [0.25, 0.3) is 0 Å². The van der Waals surface area contributed by atoms with Gasteiger partial charge in [0.05, 0.1) is 15.4 Å². The molecule has 0 saturated heterocycles. The Labute approximate surface area is 140 Å². The first kappa shape index (κ1) is 16.7. The second-order valence-electron chi connectivity index (χ2n) is 5.79. The first-order valence-electron chi connectivity index (χ1n) is 7.20. The lowest BCUT2D eigenvalue weighted by molar-refractivity contribution is 0.0983. The van der Waals surface area contributed by atoms with Crippen molar-refractivity contribution in [2.75, 3.05) is 0 Å². The van der Waals surface area contributed by atoms with Gasteiger partial charge in [-0.25, -0.2) is 21.6 Å². The van der Waals surface area contributed by atoms with Crippen molar-refractivity contribution in [3.63, 3.8) is 0 Å². The Bertz CT molecular complexity index is 1040. The molecular weight excluding hydrogens is 350 g/mol. The molecule has 3 rings (SSSR count). The van der Waals surface area contributed by atoms with Crippen LogP contribution in [0.5, 0.6) is 0 Å². The average molecular weight is 365 g/mol. The second kappa shape index (κ2) is 5.42. The Morgan fingerprint density at radius 2 is 1.62 bits per heavy atom. The molecule has 1 aliphatic heterocycles. The van der Waals surface area contributed by atoms with E-state index in [0.29, 0.717) is 5.56 Å². The number of fused-ring (bicyclic) bond motifs is 1. The smallest absolute Gasteiger partial charge is 0.266 e. The molecule has 1 heterocycles. The number of nitrogens with one attached hydrogen (secondary N) is 1.